The first kappa shape index (κ1) is 20.0. The van der Waals surface area contributed by atoms with Crippen molar-refractivity contribution >= 4 is 39.3 Å². The van der Waals surface area contributed by atoms with E-state index in [0.29, 0.717) is 35.3 Å². The minimum atomic E-state index is -0.461. The second-order valence-corrected chi connectivity index (χ2v) is 7.58. The molecule has 4 rings (SSSR count). The minimum absolute atomic E-state index is 0.113. The van der Waals surface area contributed by atoms with Gasteiger partial charge in [-0.25, -0.2) is 4.79 Å². The Bertz CT molecular complexity index is 1340. The third kappa shape index (κ3) is 4.16. The summed E-state index contributed by atoms with van der Waals surface area (Å²) < 4.78 is 1.14. The SMILES string of the molecule is O=C(CCCn1c(=O)[nH]c2ccccc2c1=O)NCCc1c[nH]c2ccc(Cl)cc12. The molecule has 0 saturated heterocycles. The zero-order valence-corrected chi connectivity index (χ0v) is 17.0. The van der Waals surface area contributed by atoms with Crippen LogP contribution in [0.1, 0.15) is 18.4 Å². The number of rotatable bonds is 7. The van der Waals surface area contributed by atoms with Gasteiger partial charge in [-0.05, 0) is 48.7 Å². The molecule has 0 radical (unpaired) electrons. The topological polar surface area (TPSA) is 99.8 Å². The molecular formula is C22H21ClN4O3. The van der Waals surface area contributed by atoms with Crippen molar-refractivity contribution in [1.29, 1.82) is 0 Å². The highest BCUT2D eigenvalue weighted by Gasteiger charge is 2.09. The van der Waals surface area contributed by atoms with Crippen molar-refractivity contribution in [3.63, 3.8) is 0 Å². The molecule has 2 heterocycles. The number of nitrogens with zero attached hydrogens (tertiary/aromatic N) is 1. The fraction of sp³-hybridized carbons (Fsp3) is 0.227. The maximum Gasteiger partial charge on any atom is 0.328 e. The maximum absolute atomic E-state index is 12.5. The lowest BCUT2D eigenvalue weighted by molar-refractivity contribution is -0.121. The number of halogens is 1. The molecular weight excluding hydrogens is 404 g/mol. The van der Waals surface area contributed by atoms with Gasteiger partial charge in [0.2, 0.25) is 5.91 Å². The summed E-state index contributed by atoms with van der Waals surface area (Å²) in [5, 5.41) is 5.07. The second-order valence-electron chi connectivity index (χ2n) is 7.14. The molecule has 0 aliphatic rings. The van der Waals surface area contributed by atoms with Crippen LogP contribution in [0.15, 0.2) is 58.3 Å². The van der Waals surface area contributed by atoms with E-state index in [9.17, 15) is 14.4 Å². The third-order valence-corrected chi connectivity index (χ3v) is 5.36. The van der Waals surface area contributed by atoms with Crippen LogP contribution in [0.2, 0.25) is 5.02 Å². The van der Waals surface area contributed by atoms with Crippen LogP contribution < -0.4 is 16.6 Å². The van der Waals surface area contributed by atoms with E-state index in [1.807, 2.05) is 24.4 Å². The van der Waals surface area contributed by atoms with Crippen LogP contribution in [0.3, 0.4) is 0 Å². The van der Waals surface area contributed by atoms with Crippen LogP contribution in [0.4, 0.5) is 0 Å². The summed E-state index contributed by atoms with van der Waals surface area (Å²) >= 11 is 6.06. The summed E-state index contributed by atoms with van der Waals surface area (Å²) in [4.78, 5) is 42.7. The Morgan fingerprint density at radius 1 is 1.07 bits per heavy atom. The van der Waals surface area contributed by atoms with Crippen molar-refractivity contribution in [3.05, 3.63) is 80.1 Å². The fourth-order valence-electron chi connectivity index (χ4n) is 3.58. The lowest BCUT2D eigenvalue weighted by atomic mass is 10.1. The molecule has 0 fully saturated rings. The van der Waals surface area contributed by atoms with Gasteiger partial charge >= 0.3 is 5.69 Å². The molecule has 0 atom stereocenters. The van der Waals surface area contributed by atoms with Crippen LogP contribution in [-0.4, -0.2) is 27.0 Å². The average Bonchev–Trinajstić information content (AvgIpc) is 3.12. The van der Waals surface area contributed by atoms with Crippen molar-refractivity contribution in [2.45, 2.75) is 25.8 Å². The standard InChI is InChI=1S/C22H21ClN4O3/c23-15-7-8-18-17(12-15)14(13-25-18)9-10-24-20(28)6-3-11-27-21(29)16-4-1-2-5-19(16)26-22(27)30/h1-2,4-5,7-8,12-13,25H,3,6,9-11H2,(H,24,28)(H,26,30). The van der Waals surface area contributed by atoms with E-state index in [2.05, 4.69) is 15.3 Å². The normalized spacial score (nSPS) is 11.2. The van der Waals surface area contributed by atoms with Crippen LogP contribution in [-0.2, 0) is 17.8 Å². The largest absolute Gasteiger partial charge is 0.361 e. The molecule has 0 aliphatic carbocycles. The van der Waals surface area contributed by atoms with Gasteiger partial charge in [-0.3, -0.25) is 14.2 Å². The van der Waals surface area contributed by atoms with Gasteiger partial charge in [-0.1, -0.05) is 23.7 Å². The van der Waals surface area contributed by atoms with E-state index >= 15 is 0 Å². The highest BCUT2D eigenvalue weighted by molar-refractivity contribution is 6.31. The van der Waals surface area contributed by atoms with Crippen LogP contribution >= 0.6 is 11.6 Å². The average molecular weight is 425 g/mol. The molecule has 0 aliphatic heterocycles. The molecule has 3 N–H and O–H groups in total. The van der Waals surface area contributed by atoms with E-state index < -0.39 is 5.69 Å². The van der Waals surface area contributed by atoms with Gasteiger partial charge in [-0.15, -0.1) is 0 Å². The molecule has 154 valence electrons. The second kappa shape index (κ2) is 8.59. The van der Waals surface area contributed by atoms with Crippen molar-refractivity contribution in [3.8, 4) is 0 Å². The number of hydrogen-bond acceptors (Lipinski definition) is 3. The number of fused-ring (bicyclic) bond motifs is 2. The van der Waals surface area contributed by atoms with Crippen molar-refractivity contribution in [2.24, 2.45) is 0 Å². The maximum atomic E-state index is 12.5. The van der Waals surface area contributed by atoms with Gasteiger partial charge in [0.05, 0.1) is 10.9 Å². The molecule has 1 amide bonds. The summed E-state index contributed by atoms with van der Waals surface area (Å²) in [6.45, 7) is 0.683. The van der Waals surface area contributed by atoms with Crippen LogP contribution in [0.5, 0.6) is 0 Å². The number of carbonyl (C=O) groups is 1. The Kier molecular flexibility index (Phi) is 5.72. The number of hydrogen-bond donors (Lipinski definition) is 3. The van der Waals surface area contributed by atoms with E-state index in [-0.39, 0.29) is 24.4 Å². The number of carbonyl (C=O) groups excluding carboxylic acids is 1. The number of H-pyrrole nitrogens is 2. The highest BCUT2D eigenvalue weighted by Crippen LogP contribution is 2.22. The molecule has 0 saturated carbocycles. The zero-order valence-electron chi connectivity index (χ0n) is 16.2. The first-order valence-corrected chi connectivity index (χ1v) is 10.1. The molecule has 8 heteroatoms. The van der Waals surface area contributed by atoms with Crippen LogP contribution in [0, 0.1) is 0 Å². The van der Waals surface area contributed by atoms with Gasteiger partial charge in [0.1, 0.15) is 0 Å². The number of nitrogens with one attached hydrogen (secondary N) is 3. The summed E-state index contributed by atoms with van der Waals surface area (Å²) in [6, 6.07) is 12.5. The molecule has 0 unspecified atom stereocenters. The number of amides is 1. The molecule has 7 nitrogen and oxygen atoms in total. The molecule has 30 heavy (non-hydrogen) atoms. The van der Waals surface area contributed by atoms with Crippen molar-refractivity contribution < 1.29 is 4.79 Å². The van der Waals surface area contributed by atoms with Gasteiger partial charge in [-0.2, -0.15) is 0 Å². The lowest BCUT2D eigenvalue weighted by Gasteiger charge is -2.07. The van der Waals surface area contributed by atoms with Crippen molar-refractivity contribution in [2.75, 3.05) is 6.54 Å². The van der Waals surface area contributed by atoms with E-state index in [0.717, 1.165) is 21.0 Å². The fourth-order valence-corrected chi connectivity index (χ4v) is 3.75. The third-order valence-electron chi connectivity index (χ3n) is 5.12. The molecule has 4 aromatic rings. The monoisotopic (exact) mass is 424 g/mol. The Morgan fingerprint density at radius 3 is 2.77 bits per heavy atom. The van der Waals surface area contributed by atoms with Crippen molar-refractivity contribution in [1.82, 2.24) is 19.9 Å². The van der Waals surface area contributed by atoms with Gasteiger partial charge < -0.3 is 15.3 Å². The van der Waals surface area contributed by atoms with E-state index in [1.54, 1.807) is 24.3 Å². The van der Waals surface area contributed by atoms with Crippen LogP contribution in [0.25, 0.3) is 21.8 Å². The minimum Gasteiger partial charge on any atom is -0.361 e. The van der Waals surface area contributed by atoms with E-state index in [4.69, 9.17) is 11.6 Å². The van der Waals surface area contributed by atoms with E-state index in [1.165, 1.54) is 0 Å². The highest BCUT2D eigenvalue weighted by atomic mass is 35.5. The zero-order chi connectivity index (χ0) is 21.1. The first-order chi connectivity index (χ1) is 14.5. The molecule has 2 aromatic carbocycles. The Labute approximate surface area is 176 Å². The molecule has 0 spiro atoms. The Morgan fingerprint density at radius 2 is 1.90 bits per heavy atom. The summed E-state index contributed by atoms with van der Waals surface area (Å²) in [5.41, 5.74) is 1.80. The van der Waals surface area contributed by atoms with Gasteiger partial charge in [0, 0.05) is 41.6 Å². The number of benzene rings is 2. The first-order valence-electron chi connectivity index (χ1n) is 9.77. The Hall–Kier alpha value is -3.32. The Balaban J connectivity index is 1.30. The predicted octanol–water partition coefficient (Wildman–Crippen LogP) is 2.96. The summed E-state index contributed by atoms with van der Waals surface area (Å²) in [7, 11) is 0. The quantitative estimate of drug-likeness (QED) is 0.425. The van der Waals surface area contributed by atoms with Gasteiger partial charge in [0.25, 0.3) is 5.56 Å². The molecule has 0 bridgehead atoms. The summed E-state index contributed by atoms with van der Waals surface area (Å²) in [6.07, 6.45) is 3.23. The number of aromatic nitrogens is 3. The lowest BCUT2D eigenvalue weighted by Crippen LogP contribution is -2.35. The molecule has 2 aromatic heterocycles. The predicted molar refractivity (Wildman–Crippen MR) is 118 cm³/mol. The smallest absolute Gasteiger partial charge is 0.328 e. The summed E-state index contributed by atoms with van der Waals surface area (Å²) in [5.74, 6) is -0.113. The van der Waals surface area contributed by atoms with Gasteiger partial charge in [0.15, 0.2) is 0 Å². The number of para-hydroxylation sites is 1. The number of aromatic amines is 2.